The number of aromatic nitrogens is 2. The molecule has 9 nitrogen and oxygen atoms in total. The van der Waals surface area contributed by atoms with E-state index < -0.39 is 6.03 Å². The fraction of sp³-hybridized carbons (Fsp3) is 0.160. The van der Waals surface area contributed by atoms with E-state index in [0.717, 1.165) is 5.56 Å². The number of rotatable bonds is 7. The molecule has 2 amide bonds. The van der Waals surface area contributed by atoms with Crippen LogP contribution in [0, 0.1) is 6.92 Å². The lowest BCUT2D eigenvalue weighted by Crippen LogP contribution is -2.20. The Bertz CT molecular complexity index is 1380. The van der Waals surface area contributed by atoms with E-state index in [1.165, 1.54) is 24.7 Å². The normalized spacial score (nSPS) is 10.6. The fourth-order valence-corrected chi connectivity index (χ4v) is 3.34. The van der Waals surface area contributed by atoms with E-state index >= 15 is 0 Å². The summed E-state index contributed by atoms with van der Waals surface area (Å²) in [4.78, 5) is 29.5. The van der Waals surface area contributed by atoms with E-state index in [2.05, 4.69) is 15.6 Å². The van der Waals surface area contributed by atoms with Gasteiger partial charge in [0.05, 0.1) is 25.6 Å². The minimum Gasteiger partial charge on any atom is -0.497 e. The fourth-order valence-electron chi connectivity index (χ4n) is 3.34. The van der Waals surface area contributed by atoms with Crippen LogP contribution in [0.4, 0.5) is 16.2 Å². The predicted molar refractivity (Wildman–Crippen MR) is 129 cm³/mol. The molecule has 2 aromatic heterocycles. The number of carbonyl (C=O) groups excluding carboxylic acids is 1. The molecule has 2 aromatic carbocycles. The third-order valence-corrected chi connectivity index (χ3v) is 5.00. The van der Waals surface area contributed by atoms with Crippen molar-refractivity contribution in [1.29, 1.82) is 0 Å². The van der Waals surface area contributed by atoms with E-state index in [9.17, 15) is 9.59 Å². The molecule has 0 saturated carbocycles. The summed E-state index contributed by atoms with van der Waals surface area (Å²) in [6.45, 7) is 2.00. The number of methoxy groups -OCH3 is 2. The first-order valence-electron chi connectivity index (χ1n) is 10.5. The molecule has 4 aromatic rings. The van der Waals surface area contributed by atoms with Crippen LogP contribution in [-0.2, 0) is 6.61 Å². The Morgan fingerprint density at radius 3 is 2.44 bits per heavy atom. The third-order valence-electron chi connectivity index (χ3n) is 5.00. The molecule has 0 spiro atoms. The lowest BCUT2D eigenvalue weighted by molar-refractivity contribution is 0.261. The summed E-state index contributed by atoms with van der Waals surface area (Å²) in [6, 6.07) is 16.7. The van der Waals surface area contributed by atoms with Crippen LogP contribution in [-0.4, -0.2) is 29.6 Å². The molecule has 0 saturated heterocycles. The van der Waals surface area contributed by atoms with Crippen LogP contribution >= 0.6 is 0 Å². The minimum absolute atomic E-state index is 0.0626. The summed E-state index contributed by atoms with van der Waals surface area (Å²) in [6.07, 6.45) is 1.69. The van der Waals surface area contributed by atoms with E-state index in [4.69, 9.17) is 14.2 Å². The summed E-state index contributed by atoms with van der Waals surface area (Å²) in [5.41, 5.74) is 2.80. The molecule has 0 bridgehead atoms. The molecule has 0 atom stereocenters. The number of urea groups is 1. The average Bonchev–Trinajstić information content (AvgIpc) is 2.82. The molecule has 0 unspecified atom stereocenters. The molecule has 9 heteroatoms. The van der Waals surface area contributed by atoms with Crippen LogP contribution in [0.15, 0.2) is 71.7 Å². The number of hydrogen-bond donors (Lipinski definition) is 2. The number of pyridine rings is 1. The van der Waals surface area contributed by atoms with Gasteiger partial charge in [0.15, 0.2) is 0 Å². The lowest BCUT2D eigenvalue weighted by Gasteiger charge is -2.14. The monoisotopic (exact) mass is 460 g/mol. The molecule has 0 radical (unpaired) electrons. The van der Waals surface area contributed by atoms with Gasteiger partial charge in [0.2, 0.25) is 0 Å². The maximum atomic E-state index is 12.6. The number of fused-ring (bicyclic) bond motifs is 1. The Morgan fingerprint density at radius 1 is 0.971 bits per heavy atom. The van der Waals surface area contributed by atoms with Crippen LogP contribution in [0.25, 0.3) is 5.65 Å². The number of carbonyl (C=O) groups is 1. The number of anilines is 2. The molecule has 174 valence electrons. The Kier molecular flexibility index (Phi) is 6.63. The second kappa shape index (κ2) is 9.95. The highest BCUT2D eigenvalue weighted by atomic mass is 16.5. The van der Waals surface area contributed by atoms with Gasteiger partial charge in [0, 0.05) is 36.1 Å². The van der Waals surface area contributed by atoms with E-state index in [1.807, 2.05) is 19.1 Å². The minimum atomic E-state index is -0.469. The molecule has 34 heavy (non-hydrogen) atoms. The third kappa shape index (κ3) is 5.26. The quantitative estimate of drug-likeness (QED) is 0.428. The van der Waals surface area contributed by atoms with Crippen molar-refractivity contribution >= 4 is 23.1 Å². The summed E-state index contributed by atoms with van der Waals surface area (Å²) in [7, 11) is 3.07. The number of ether oxygens (including phenoxy) is 3. The van der Waals surface area contributed by atoms with Crippen molar-refractivity contribution in [1.82, 2.24) is 9.38 Å². The second-order valence-electron chi connectivity index (χ2n) is 7.48. The van der Waals surface area contributed by atoms with Crippen molar-refractivity contribution in [2.75, 3.05) is 24.9 Å². The van der Waals surface area contributed by atoms with Gasteiger partial charge < -0.3 is 24.8 Å². The van der Waals surface area contributed by atoms with Gasteiger partial charge in [-0.2, -0.15) is 0 Å². The molecule has 0 aliphatic carbocycles. The molecule has 2 heterocycles. The van der Waals surface area contributed by atoms with Gasteiger partial charge in [0.1, 0.15) is 29.5 Å². The van der Waals surface area contributed by atoms with Crippen LogP contribution in [0.3, 0.4) is 0 Å². The number of para-hydroxylation sites is 2. The van der Waals surface area contributed by atoms with Gasteiger partial charge in [-0.3, -0.25) is 9.20 Å². The van der Waals surface area contributed by atoms with Crippen LogP contribution in [0.2, 0.25) is 0 Å². The Hall–Kier alpha value is -4.53. The van der Waals surface area contributed by atoms with Gasteiger partial charge in [-0.25, -0.2) is 9.78 Å². The van der Waals surface area contributed by atoms with Gasteiger partial charge in [0.25, 0.3) is 5.56 Å². The standard InChI is InChI=1S/C25H24N4O5/c1-16-8-9-29-23(10-16)26-18(13-24(29)30)15-34-22-7-5-4-6-21(22)28-25(31)27-17-11-19(32-2)14-20(12-17)33-3/h4-14H,15H2,1-3H3,(H2,27,28,31). The van der Waals surface area contributed by atoms with Crippen LogP contribution < -0.4 is 30.4 Å². The lowest BCUT2D eigenvalue weighted by atomic mass is 10.2. The highest BCUT2D eigenvalue weighted by Crippen LogP contribution is 2.27. The van der Waals surface area contributed by atoms with Crippen molar-refractivity contribution in [2.24, 2.45) is 0 Å². The molecule has 4 rings (SSSR count). The average molecular weight is 460 g/mol. The van der Waals surface area contributed by atoms with Gasteiger partial charge in [-0.15, -0.1) is 0 Å². The zero-order valence-corrected chi connectivity index (χ0v) is 19.0. The number of benzene rings is 2. The number of aryl methyl sites for hydroxylation is 1. The molecule has 0 aliphatic heterocycles. The van der Waals surface area contributed by atoms with Crippen molar-refractivity contribution in [3.05, 3.63) is 88.5 Å². The van der Waals surface area contributed by atoms with E-state index in [1.54, 1.807) is 48.7 Å². The summed E-state index contributed by atoms with van der Waals surface area (Å²) < 4.78 is 17.8. The highest BCUT2D eigenvalue weighted by molar-refractivity contribution is 6.00. The Balaban J connectivity index is 1.48. The van der Waals surface area contributed by atoms with Gasteiger partial charge in [-0.05, 0) is 36.8 Å². The maximum absolute atomic E-state index is 12.6. The van der Waals surface area contributed by atoms with Gasteiger partial charge in [-0.1, -0.05) is 12.1 Å². The largest absolute Gasteiger partial charge is 0.497 e. The van der Waals surface area contributed by atoms with Crippen molar-refractivity contribution < 1.29 is 19.0 Å². The van der Waals surface area contributed by atoms with E-state index in [0.29, 0.717) is 40.0 Å². The molecule has 0 aliphatic rings. The summed E-state index contributed by atoms with van der Waals surface area (Å²) >= 11 is 0. The summed E-state index contributed by atoms with van der Waals surface area (Å²) in [5, 5.41) is 5.53. The molecule has 0 fully saturated rings. The summed E-state index contributed by atoms with van der Waals surface area (Å²) in [5.74, 6) is 1.53. The second-order valence-corrected chi connectivity index (χ2v) is 7.48. The van der Waals surface area contributed by atoms with Crippen molar-refractivity contribution in [3.8, 4) is 17.2 Å². The zero-order chi connectivity index (χ0) is 24.1. The van der Waals surface area contributed by atoms with Crippen LogP contribution in [0.1, 0.15) is 11.3 Å². The predicted octanol–water partition coefficient (Wildman–Crippen LogP) is 4.24. The first kappa shape index (κ1) is 22.7. The number of nitrogens with zero attached hydrogens (tertiary/aromatic N) is 2. The smallest absolute Gasteiger partial charge is 0.323 e. The van der Waals surface area contributed by atoms with Gasteiger partial charge >= 0.3 is 6.03 Å². The van der Waals surface area contributed by atoms with E-state index in [-0.39, 0.29) is 12.2 Å². The molecular formula is C25H24N4O5. The first-order valence-corrected chi connectivity index (χ1v) is 10.5. The Labute approximate surface area is 195 Å². The van der Waals surface area contributed by atoms with Crippen molar-refractivity contribution in [2.45, 2.75) is 13.5 Å². The van der Waals surface area contributed by atoms with Crippen molar-refractivity contribution in [3.63, 3.8) is 0 Å². The number of amides is 2. The molecule has 2 N–H and O–H groups in total. The Morgan fingerprint density at radius 2 is 1.71 bits per heavy atom. The SMILES string of the molecule is COc1cc(NC(=O)Nc2ccccc2OCc2cc(=O)n3ccc(C)cc3n2)cc(OC)c1. The first-order chi connectivity index (χ1) is 16.4. The molecular weight excluding hydrogens is 436 g/mol. The maximum Gasteiger partial charge on any atom is 0.323 e. The van der Waals surface area contributed by atoms with Crippen LogP contribution in [0.5, 0.6) is 17.2 Å². The topological polar surface area (TPSA) is 103 Å². The zero-order valence-electron chi connectivity index (χ0n) is 19.0. The number of hydrogen-bond acceptors (Lipinski definition) is 6. The number of nitrogens with one attached hydrogen (secondary N) is 2. The highest BCUT2D eigenvalue weighted by Gasteiger charge is 2.11.